The molecule has 0 atom stereocenters. The van der Waals surface area contributed by atoms with Crippen molar-refractivity contribution in [2.75, 3.05) is 19.6 Å². The summed E-state index contributed by atoms with van der Waals surface area (Å²) in [7, 11) is -1.06. The van der Waals surface area contributed by atoms with Gasteiger partial charge in [0, 0.05) is 0 Å². The van der Waals surface area contributed by atoms with Crippen LogP contribution in [0.15, 0.2) is 12.3 Å². The van der Waals surface area contributed by atoms with E-state index in [2.05, 4.69) is 31.0 Å². The molecular weight excluding hydrogens is 210 g/mol. The molecule has 1 aliphatic rings. The fourth-order valence-corrected chi connectivity index (χ4v) is 5.68. The average Bonchev–Trinajstić information content (AvgIpc) is 2.37. The Balaban J connectivity index is 2.24. The second kappa shape index (κ2) is 7.28. The standard InChI is InChI=1S/C14H29NSi/c1-4-16(5-2,6-3)14-10-13-15-11-8-7-9-12-15/h4H,1,5-14H2,2-3H3. The molecule has 1 aliphatic heterocycles. The van der Waals surface area contributed by atoms with Gasteiger partial charge < -0.3 is 4.90 Å². The van der Waals surface area contributed by atoms with Gasteiger partial charge in [-0.15, -0.1) is 12.3 Å². The van der Waals surface area contributed by atoms with Crippen molar-refractivity contribution in [3.63, 3.8) is 0 Å². The first-order chi connectivity index (χ1) is 7.76. The normalized spacial score (nSPS) is 18.6. The van der Waals surface area contributed by atoms with E-state index in [0.717, 1.165) is 0 Å². The first kappa shape index (κ1) is 14.0. The molecule has 0 aromatic rings. The van der Waals surface area contributed by atoms with Gasteiger partial charge in [0.15, 0.2) is 0 Å². The summed E-state index contributed by atoms with van der Waals surface area (Å²) in [6.07, 6.45) is 5.70. The van der Waals surface area contributed by atoms with Crippen molar-refractivity contribution in [1.82, 2.24) is 4.90 Å². The summed E-state index contributed by atoms with van der Waals surface area (Å²) in [6, 6.07) is 4.22. The predicted molar refractivity (Wildman–Crippen MR) is 76.6 cm³/mol. The third kappa shape index (κ3) is 4.06. The van der Waals surface area contributed by atoms with Gasteiger partial charge in [-0.1, -0.05) is 38.4 Å². The molecule has 0 radical (unpaired) electrons. The van der Waals surface area contributed by atoms with Gasteiger partial charge >= 0.3 is 0 Å². The molecule has 2 heteroatoms. The molecule has 0 saturated carbocycles. The Morgan fingerprint density at radius 3 is 2.25 bits per heavy atom. The molecule has 0 bridgehead atoms. The second-order valence-corrected chi connectivity index (χ2v) is 10.3. The van der Waals surface area contributed by atoms with E-state index in [1.165, 1.54) is 63.4 Å². The molecule has 0 amide bonds. The Morgan fingerprint density at radius 2 is 1.75 bits per heavy atom. The second-order valence-electron chi connectivity index (χ2n) is 5.28. The molecule has 1 fully saturated rings. The van der Waals surface area contributed by atoms with Crippen LogP contribution in [0.25, 0.3) is 0 Å². The topological polar surface area (TPSA) is 3.24 Å². The number of hydrogen-bond acceptors (Lipinski definition) is 1. The van der Waals surface area contributed by atoms with E-state index in [0.29, 0.717) is 0 Å². The molecule has 1 heterocycles. The Hall–Kier alpha value is -0.0831. The van der Waals surface area contributed by atoms with E-state index < -0.39 is 8.07 Å². The summed E-state index contributed by atoms with van der Waals surface area (Å²) >= 11 is 0. The number of hydrogen-bond donors (Lipinski definition) is 0. The average molecular weight is 239 g/mol. The lowest BCUT2D eigenvalue weighted by atomic mass is 10.1. The van der Waals surface area contributed by atoms with E-state index in [-0.39, 0.29) is 0 Å². The largest absolute Gasteiger partial charge is 0.303 e. The van der Waals surface area contributed by atoms with Gasteiger partial charge in [-0.3, -0.25) is 0 Å². The van der Waals surface area contributed by atoms with Crippen molar-refractivity contribution in [1.29, 1.82) is 0 Å². The van der Waals surface area contributed by atoms with Crippen LogP contribution in [0.2, 0.25) is 18.1 Å². The fraction of sp³-hybridized carbons (Fsp3) is 0.857. The quantitative estimate of drug-likeness (QED) is 0.605. The Bertz CT molecular complexity index is 193. The van der Waals surface area contributed by atoms with E-state index in [1.807, 2.05) is 0 Å². The third-order valence-corrected chi connectivity index (χ3v) is 9.47. The summed E-state index contributed by atoms with van der Waals surface area (Å²) in [5.41, 5.74) is 2.34. The minimum absolute atomic E-state index is 1.06. The maximum atomic E-state index is 4.09. The number of nitrogens with zero attached hydrogens (tertiary/aromatic N) is 1. The summed E-state index contributed by atoms with van der Waals surface area (Å²) in [5.74, 6) is 0. The predicted octanol–water partition coefficient (Wildman–Crippen LogP) is 4.08. The van der Waals surface area contributed by atoms with Crippen molar-refractivity contribution < 1.29 is 0 Å². The minimum atomic E-state index is -1.06. The van der Waals surface area contributed by atoms with Crippen LogP contribution in [0.3, 0.4) is 0 Å². The van der Waals surface area contributed by atoms with Crippen LogP contribution in [0.1, 0.15) is 39.5 Å². The lowest BCUT2D eigenvalue weighted by molar-refractivity contribution is 0.229. The highest BCUT2D eigenvalue weighted by atomic mass is 28.3. The lowest BCUT2D eigenvalue weighted by Gasteiger charge is -2.29. The van der Waals surface area contributed by atoms with Crippen molar-refractivity contribution in [2.45, 2.75) is 57.7 Å². The molecule has 94 valence electrons. The van der Waals surface area contributed by atoms with Crippen molar-refractivity contribution in [2.24, 2.45) is 0 Å². The van der Waals surface area contributed by atoms with Crippen LogP contribution in [0.4, 0.5) is 0 Å². The van der Waals surface area contributed by atoms with Gasteiger partial charge in [-0.25, -0.2) is 0 Å². The van der Waals surface area contributed by atoms with Crippen LogP contribution in [-0.4, -0.2) is 32.6 Å². The molecule has 0 aliphatic carbocycles. The highest BCUT2D eigenvalue weighted by molar-refractivity contribution is 6.84. The molecule has 1 nitrogen and oxygen atoms in total. The molecule has 0 aromatic heterocycles. The first-order valence-electron chi connectivity index (χ1n) is 7.12. The monoisotopic (exact) mass is 239 g/mol. The first-order valence-corrected chi connectivity index (χ1v) is 9.82. The Labute approximate surface area is 103 Å². The van der Waals surface area contributed by atoms with E-state index in [1.54, 1.807) is 0 Å². The SMILES string of the molecule is C=C[Si](CC)(CC)CCCN1CCCCC1. The van der Waals surface area contributed by atoms with Crippen LogP contribution < -0.4 is 0 Å². The molecule has 1 saturated heterocycles. The summed E-state index contributed by atoms with van der Waals surface area (Å²) in [6.45, 7) is 12.8. The van der Waals surface area contributed by atoms with Gasteiger partial charge in [0.05, 0.1) is 8.07 Å². The van der Waals surface area contributed by atoms with Gasteiger partial charge in [-0.05, 0) is 38.9 Å². The van der Waals surface area contributed by atoms with Crippen LogP contribution in [-0.2, 0) is 0 Å². The smallest absolute Gasteiger partial charge is 0.0765 e. The van der Waals surface area contributed by atoms with Gasteiger partial charge in [-0.2, -0.15) is 0 Å². The molecule has 0 N–H and O–H groups in total. The molecular formula is C14H29NSi. The maximum Gasteiger partial charge on any atom is 0.0765 e. The zero-order valence-corrected chi connectivity index (χ0v) is 12.3. The zero-order valence-electron chi connectivity index (χ0n) is 11.3. The minimum Gasteiger partial charge on any atom is -0.303 e. The van der Waals surface area contributed by atoms with Crippen molar-refractivity contribution >= 4 is 8.07 Å². The van der Waals surface area contributed by atoms with Gasteiger partial charge in [0.2, 0.25) is 0 Å². The van der Waals surface area contributed by atoms with E-state index >= 15 is 0 Å². The highest BCUT2D eigenvalue weighted by Gasteiger charge is 2.24. The highest BCUT2D eigenvalue weighted by Crippen LogP contribution is 2.23. The summed E-state index contributed by atoms with van der Waals surface area (Å²) in [4.78, 5) is 2.66. The number of piperidine rings is 1. The molecule has 1 rings (SSSR count). The van der Waals surface area contributed by atoms with Gasteiger partial charge in [0.1, 0.15) is 0 Å². The number of rotatable bonds is 7. The number of likely N-dealkylation sites (tertiary alicyclic amines) is 1. The van der Waals surface area contributed by atoms with Crippen LogP contribution >= 0.6 is 0 Å². The Kier molecular flexibility index (Phi) is 6.36. The zero-order chi connectivity index (χ0) is 11.9. The fourth-order valence-electron chi connectivity index (χ4n) is 2.83. The Morgan fingerprint density at radius 1 is 1.12 bits per heavy atom. The lowest BCUT2D eigenvalue weighted by Crippen LogP contribution is -2.34. The van der Waals surface area contributed by atoms with Crippen molar-refractivity contribution in [3.05, 3.63) is 12.3 Å². The molecule has 0 spiro atoms. The summed E-state index contributed by atoms with van der Waals surface area (Å²) in [5, 5.41) is 0. The maximum absolute atomic E-state index is 4.09. The van der Waals surface area contributed by atoms with E-state index in [4.69, 9.17) is 0 Å². The van der Waals surface area contributed by atoms with Crippen LogP contribution in [0.5, 0.6) is 0 Å². The van der Waals surface area contributed by atoms with E-state index in [9.17, 15) is 0 Å². The molecule has 0 aromatic carbocycles. The van der Waals surface area contributed by atoms with Crippen molar-refractivity contribution in [3.8, 4) is 0 Å². The van der Waals surface area contributed by atoms with Crippen LogP contribution in [0, 0.1) is 0 Å². The molecule has 0 unspecified atom stereocenters. The van der Waals surface area contributed by atoms with Gasteiger partial charge in [0.25, 0.3) is 0 Å². The summed E-state index contributed by atoms with van der Waals surface area (Å²) < 4.78 is 0. The molecule has 16 heavy (non-hydrogen) atoms. The third-order valence-electron chi connectivity index (χ3n) is 4.44.